The Labute approximate surface area is 96.2 Å². The number of hydrogen-bond donors (Lipinski definition) is 0. The number of hydrogen-bond acceptors (Lipinski definition) is 6. The molecule has 0 aromatic carbocycles. The zero-order valence-electron chi connectivity index (χ0n) is 10.4. The van der Waals surface area contributed by atoms with E-state index in [1.165, 1.54) is 28.4 Å². The molecular formula is C7H19NO6P2. The summed E-state index contributed by atoms with van der Waals surface area (Å²) in [5.74, 6) is 0. The van der Waals surface area contributed by atoms with Crippen molar-refractivity contribution in [2.24, 2.45) is 0 Å². The predicted molar refractivity (Wildman–Crippen MR) is 60.2 cm³/mol. The van der Waals surface area contributed by atoms with E-state index in [1.807, 2.05) is 0 Å². The van der Waals surface area contributed by atoms with Gasteiger partial charge in [-0.3, -0.25) is 18.1 Å². The number of rotatable bonds is 7. The maximum atomic E-state index is 12.2. The molecule has 0 aliphatic carbocycles. The van der Waals surface area contributed by atoms with E-state index in [-0.39, 0.29) is 0 Å². The third-order valence-electron chi connectivity index (χ3n) is 1.89. The molecule has 0 bridgehead atoms. The molecule has 0 unspecified atom stereocenters. The van der Waals surface area contributed by atoms with Crippen LogP contribution in [0.2, 0.25) is 0 Å². The summed E-state index contributed by atoms with van der Waals surface area (Å²) < 4.78 is 44.5. The summed E-state index contributed by atoms with van der Waals surface area (Å²) in [6.07, 6.45) is 0. The van der Waals surface area contributed by atoms with E-state index in [2.05, 4.69) is 0 Å². The fourth-order valence-electron chi connectivity index (χ4n) is 1.18. The monoisotopic (exact) mass is 275 g/mol. The summed E-state index contributed by atoms with van der Waals surface area (Å²) in [5.41, 5.74) is 0. The van der Waals surface area contributed by atoms with Crippen LogP contribution < -0.4 is 0 Å². The summed E-state index contributed by atoms with van der Waals surface area (Å²) in [6, 6.07) is -0.406. The minimum absolute atomic E-state index is 0.406. The Balaban J connectivity index is 5.48. The van der Waals surface area contributed by atoms with Crippen molar-refractivity contribution in [2.45, 2.75) is 19.9 Å². The van der Waals surface area contributed by atoms with Crippen molar-refractivity contribution in [3.63, 3.8) is 0 Å². The molecule has 0 fully saturated rings. The van der Waals surface area contributed by atoms with Crippen molar-refractivity contribution in [3.05, 3.63) is 0 Å². The molecule has 0 rings (SSSR count). The minimum atomic E-state index is -3.68. The first-order valence-corrected chi connectivity index (χ1v) is 7.53. The van der Waals surface area contributed by atoms with Gasteiger partial charge in [0.15, 0.2) is 0 Å². The molecule has 16 heavy (non-hydrogen) atoms. The molecular weight excluding hydrogens is 256 g/mol. The topological polar surface area (TPSA) is 74.3 Å². The van der Waals surface area contributed by atoms with Crippen LogP contribution in [0, 0.1) is 0 Å². The molecule has 0 aromatic heterocycles. The van der Waals surface area contributed by atoms with Gasteiger partial charge in [0.2, 0.25) is 0 Å². The van der Waals surface area contributed by atoms with Crippen LogP contribution in [0.3, 0.4) is 0 Å². The fraction of sp³-hybridized carbons (Fsp3) is 1.00. The Morgan fingerprint density at radius 3 is 1.19 bits per heavy atom. The van der Waals surface area contributed by atoms with Crippen LogP contribution in [0.15, 0.2) is 0 Å². The summed E-state index contributed by atoms with van der Waals surface area (Å²) in [7, 11) is -2.55. The Hall–Kier alpha value is 0.260. The molecule has 0 saturated carbocycles. The van der Waals surface area contributed by atoms with Crippen LogP contribution >= 0.6 is 15.5 Å². The fourth-order valence-corrected chi connectivity index (χ4v) is 5.23. The van der Waals surface area contributed by atoms with Crippen LogP contribution in [0.1, 0.15) is 13.8 Å². The zero-order valence-corrected chi connectivity index (χ0v) is 12.2. The molecule has 0 aliphatic rings. The zero-order chi connectivity index (χ0) is 13.0. The average Bonchev–Trinajstić information content (AvgIpc) is 2.28. The minimum Gasteiger partial charge on any atom is -0.300 e. The van der Waals surface area contributed by atoms with Crippen molar-refractivity contribution in [1.82, 2.24) is 4.44 Å². The van der Waals surface area contributed by atoms with Crippen molar-refractivity contribution < 1.29 is 27.2 Å². The number of nitrogens with zero attached hydrogens (tertiary/aromatic N) is 1. The Morgan fingerprint density at radius 1 is 0.812 bits per heavy atom. The third-order valence-corrected chi connectivity index (χ3v) is 6.97. The second kappa shape index (κ2) is 6.26. The van der Waals surface area contributed by atoms with E-state index in [4.69, 9.17) is 18.1 Å². The molecule has 0 amide bonds. The van der Waals surface area contributed by atoms with Crippen LogP contribution in [-0.4, -0.2) is 38.9 Å². The highest BCUT2D eigenvalue weighted by molar-refractivity contribution is 7.67. The van der Waals surface area contributed by atoms with Gasteiger partial charge in [-0.05, 0) is 13.8 Å². The Morgan fingerprint density at radius 2 is 1.06 bits per heavy atom. The maximum Gasteiger partial charge on any atom is 0.417 e. The summed E-state index contributed by atoms with van der Waals surface area (Å²) in [4.78, 5) is 0. The normalized spacial score (nSPS) is 13.8. The van der Waals surface area contributed by atoms with Crippen molar-refractivity contribution in [3.8, 4) is 0 Å². The molecule has 0 heterocycles. The average molecular weight is 275 g/mol. The van der Waals surface area contributed by atoms with Gasteiger partial charge in [-0.2, -0.15) is 0 Å². The summed E-state index contributed by atoms with van der Waals surface area (Å²) >= 11 is 0. The smallest absolute Gasteiger partial charge is 0.300 e. The standard InChI is InChI=1S/C7H19NO6P2/c1-7(2)8(15(9,11-3)12-4)16(10,13-5)14-6/h7H,1-6H3. The molecule has 0 aromatic rings. The van der Waals surface area contributed by atoms with E-state index in [0.29, 0.717) is 0 Å². The van der Waals surface area contributed by atoms with Crippen molar-refractivity contribution in [2.75, 3.05) is 28.4 Å². The highest BCUT2D eigenvalue weighted by Crippen LogP contribution is 2.68. The quantitative estimate of drug-likeness (QED) is 0.661. The molecule has 0 radical (unpaired) electrons. The second-order valence-electron chi connectivity index (χ2n) is 3.08. The SMILES string of the molecule is COP(=O)(OC)N(C(C)C)P(=O)(OC)OC. The van der Waals surface area contributed by atoms with E-state index in [1.54, 1.807) is 13.8 Å². The van der Waals surface area contributed by atoms with Gasteiger partial charge in [0.05, 0.1) is 0 Å². The maximum absolute atomic E-state index is 12.2. The largest absolute Gasteiger partial charge is 0.417 e. The van der Waals surface area contributed by atoms with E-state index in [9.17, 15) is 9.13 Å². The molecule has 0 N–H and O–H groups in total. The molecule has 0 spiro atoms. The van der Waals surface area contributed by atoms with Gasteiger partial charge in [-0.25, -0.2) is 9.13 Å². The van der Waals surface area contributed by atoms with Crippen LogP contribution in [-0.2, 0) is 27.2 Å². The van der Waals surface area contributed by atoms with Gasteiger partial charge in [0, 0.05) is 34.5 Å². The second-order valence-corrected chi connectivity index (χ2v) is 7.59. The van der Waals surface area contributed by atoms with Crippen LogP contribution in [0.4, 0.5) is 0 Å². The van der Waals surface area contributed by atoms with Gasteiger partial charge in [0.1, 0.15) is 0 Å². The van der Waals surface area contributed by atoms with Crippen LogP contribution in [0.25, 0.3) is 0 Å². The molecule has 98 valence electrons. The van der Waals surface area contributed by atoms with E-state index in [0.717, 1.165) is 4.44 Å². The van der Waals surface area contributed by atoms with Gasteiger partial charge in [-0.15, -0.1) is 4.44 Å². The lowest BCUT2D eigenvalue weighted by molar-refractivity contribution is 0.183. The molecule has 9 heteroatoms. The molecule has 0 saturated heterocycles. The first kappa shape index (κ1) is 16.3. The summed E-state index contributed by atoms with van der Waals surface area (Å²) in [5, 5.41) is 0. The summed E-state index contributed by atoms with van der Waals surface area (Å²) in [6.45, 7) is 3.35. The lowest BCUT2D eigenvalue weighted by Crippen LogP contribution is -2.27. The first-order chi connectivity index (χ1) is 7.31. The van der Waals surface area contributed by atoms with E-state index >= 15 is 0 Å². The molecule has 0 aliphatic heterocycles. The molecule has 0 atom stereocenters. The third kappa shape index (κ3) is 3.14. The van der Waals surface area contributed by atoms with Crippen molar-refractivity contribution in [1.29, 1.82) is 0 Å². The van der Waals surface area contributed by atoms with Gasteiger partial charge in [0.25, 0.3) is 0 Å². The Kier molecular flexibility index (Phi) is 6.36. The lowest BCUT2D eigenvalue weighted by Gasteiger charge is -2.34. The van der Waals surface area contributed by atoms with Gasteiger partial charge in [-0.1, -0.05) is 0 Å². The van der Waals surface area contributed by atoms with E-state index < -0.39 is 21.5 Å². The van der Waals surface area contributed by atoms with Crippen LogP contribution in [0.5, 0.6) is 0 Å². The van der Waals surface area contributed by atoms with Gasteiger partial charge < -0.3 is 0 Å². The highest BCUT2D eigenvalue weighted by atomic mass is 31.3. The van der Waals surface area contributed by atoms with Crippen molar-refractivity contribution >= 4 is 15.5 Å². The highest BCUT2D eigenvalue weighted by Gasteiger charge is 2.47. The first-order valence-electron chi connectivity index (χ1n) is 4.54. The molecule has 7 nitrogen and oxygen atoms in total. The Bertz CT molecular complexity index is 265. The predicted octanol–water partition coefficient (Wildman–Crippen LogP) is 2.50. The lowest BCUT2D eigenvalue weighted by atomic mass is 10.4. The van der Waals surface area contributed by atoms with Gasteiger partial charge >= 0.3 is 15.5 Å².